The maximum Gasteiger partial charge on any atom is 0.243 e. The lowest BCUT2D eigenvalue weighted by atomic mass is 9.97. The van der Waals surface area contributed by atoms with Crippen LogP contribution in [0, 0.1) is 6.92 Å². The second-order valence-corrected chi connectivity index (χ2v) is 13.1. The summed E-state index contributed by atoms with van der Waals surface area (Å²) in [6, 6.07) is 8.62. The zero-order chi connectivity index (χ0) is 27.7. The van der Waals surface area contributed by atoms with Crippen molar-refractivity contribution in [2.45, 2.75) is 69.6 Å². The molecule has 0 saturated carbocycles. The molecule has 2 aliphatic heterocycles. The van der Waals surface area contributed by atoms with Gasteiger partial charge in [-0.05, 0) is 57.5 Å². The summed E-state index contributed by atoms with van der Waals surface area (Å²) in [7, 11) is -3.97. The van der Waals surface area contributed by atoms with Gasteiger partial charge in [-0.25, -0.2) is 8.42 Å². The fourth-order valence-electron chi connectivity index (χ4n) is 4.55. The van der Waals surface area contributed by atoms with Crippen LogP contribution < -0.4 is 20.7 Å². The number of carbonyl (C=O) groups is 2. The second-order valence-electron chi connectivity index (χ2n) is 10.8. The number of aryl methyl sites for hydroxylation is 1. The average molecular weight is 563 g/mol. The molecule has 0 radical (unpaired) electrons. The summed E-state index contributed by atoms with van der Waals surface area (Å²) in [5.41, 5.74) is 2.49. The van der Waals surface area contributed by atoms with Gasteiger partial charge >= 0.3 is 0 Å². The van der Waals surface area contributed by atoms with E-state index in [0.29, 0.717) is 30.3 Å². The lowest BCUT2D eigenvalue weighted by molar-refractivity contribution is -0.132. The van der Waals surface area contributed by atoms with Gasteiger partial charge in [0.05, 0.1) is 24.0 Å². The molecular weight excluding hydrogens is 528 g/mol. The summed E-state index contributed by atoms with van der Waals surface area (Å²) in [5, 5.41) is 9.63. The molecule has 2 aromatic carbocycles. The first-order valence-corrected chi connectivity index (χ1v) is 14.5. The number of fused-ring (bicyclic) bond motifs is 1. The van der Waals surface area contributed by atoms with Crippen molar-refractivity contribution >= 4 is 33.4 Å². The molecule has 2 atom stereocenters. The predicted molar refractivity (Wildman–Crippen MR) is 146 cm³/mol. The maximum absolute atomic E-state index is 13.4. The fraction of sp³-hybridized carbons (Fsp3) is 0.481. The summed E-state index contributed by atoms with van der Waals surface area (Å²) < 4.78 is 33.7. The summed E-state index contributed by atoms with van der Waals surface area (Å²) in [6.07, 6.45) is 0.224. The zero-order valence-electron chi connectivity index (χ0n) is 22.1. The highest BCUT2D eigenvalue weighted by Crippen LogP contribution is 2.36. The lowest BCUT2D eigenvalue weighted by Gasteiger charge is -2.34. The molecule has 0 aromatic heterocycles. The van der Waals surface area contributed by atoms with Crippen LogP contribution in [0.2, 0.25) is 5.02 Å². The largest absolute Gasteiger partial charge is 0.493 e. The third-order valence-corrected chi connectivity index (χ3v) is 8.92. The SMILES string of the molecule is Cc1ccc(S(=O)(=O)N2CCNC(=O)C2CC(=O)N[C@@H]2CCOc3cc(CNC(C)(C)C)c(Cl)cc32)cc1. The van der Waals surface area contributed by atoms with Gasteiger partial charge in [-0.2, -0.15) is 4.31 Å². The van der Waals surface area contributed by atoms with E-state index in [1.165, 1.54) is 12.1 Å². The minimum Gasteiger partial charge on any atom is -0.493 e. The van der Waals surface area contributed by atoms with Crippen LogP contribution in [0.25, 0.3) is 0 Å². The van der Waals surface area contributed by atoms with Gasteiger partial charge in [0, 0.05) is 42.2 Å². The lowest BCUT2D eigenvalue weighted by Crippen LogP contribution is -2.58. The van der Waals surface area contributed by atoms with Gasteiger partial charge in [0.15, 0.2) is 0 Å². The van der Waals surface area contributed by atoms with E-state index in [0.717, 1.165) is 21.0 Å². The number of nitrogens with one attached hydrogen (secondary N) is 3. The van der Waals surface area contributed by atoms with Crippen molar-refractivity contribution in [3.05, 3.63) is 58.1 Å². The first-order chi connectivity index (χ1) is 17.8. The maximum atomic E-state index is 13.4. The molecule has 11 heteroatoms. The number of piperazine rings is 1. The van der Waals surface area contributed by atoms with Crippen LogP contribution >= 0.6 is 11.6 Å². The number of amides is 2. The highest BCUT2D eigenvalue weighted by atomic mass is 35.5. The normalized spacial score (nSPS) is 20.3. The molecule has 38 heavy (non-hydrogen) atoms. The predicted octanol–water partition coefficient (Wildman–Crippen LogP) is 3.06. The number of carbonyl (C=O) groups excluding carboxylic acids is 2. The number of hydrogen-bond acceptors (Lipinski definition) is 6. The molecule has 3 N–H and O–H groups in total. The second kappa shape index (κ2) is 11.2. The minimum absolute atomic E-state index is 0.0805. The summed E-state index contributed by atoms with van der Waals surface area (Å²) in [6.45, 7) is 9.31. The molecule has 2 aliphatic rings. The molecule has 0 spiro atoms. The quantitative estimate of drug-likeness (QED) is 0.477. The highest BCUT2D eigenvalue weighted by Gasteiger charge is 2.40. The Hall–Kier alpha value is -2.66. The van der Waals surface area contributed by atoms with Crippen molar-refractivity contribution in [3.63, 3.8) is 0 Å². The van der Waals surface area contributed by atoms with Crippen molar-refractivity contribution in [2.24, 2.45) is 0 Å². The molecule has 9 nitrogen and oxygen atoms in total. The molecule has 206 valence electrons. The van der Waals surface area contributed by atoms with E-state index in [-0.39, 0.29) is 36.0 Å². The monoisotopic (exact) mass is 562 g/mol. The van der Waals surface area contributed by atoms with E-state index < -0.39 is 27.9 Å². The minimum atomic E-state index is -3.97. The van der Waals surface area contributed by atoms with Crippen molar-refractivity contribution in [1.29, 1.82) is 0 Å². The van der Waals surface area contributed by atoms with Crippen LogP contribution in [-0.2, 0) is 26.2 Å². The average Bonchev–Trinajstić information content (AvgIpc) is 2.84. The third kappa shape index (κ3) is 6.48. The Morgan fingerprint density at radius 3 is 2.61 bits per heavy atom. The van der Waals surface area contributed by atoms with Crippen molar-refractivity contribution in [3.8, 4) is 5.75 Å². The van der Waals surface area contributed by atoms with Gasteiger partial charge in [-0.3, -0.25) is 9.59 Å². The van der Waals surface area contributed by atoms with Crippen LogP contribution in [0.4, 0.5) is 0 Å². The highest BCUT2D eigenvalue weighted by molar-refractivity contribution is 7.89. The molecule has 1 unspecified atom stereocenters. The first-order valence-electron chi connectivity index (χ1n) is 12.7. The van der Waals surface area contributed by atoms with Crippen LogP contribution in [-0.4, -0.2) is 55.8 Å². The van der Waals surface area contributed by atoms with Crippen LogP contribution in [0.3, 0.4) is 0 Å². The van der Waals surface area contributed by atoms with Crippen molar-refractivity contribution in [1.82, 2.24) is 20.3 Å². The van der Waals surface area contributed by atoms with Gasteiger partial charge < -0.3 is 20.7 Å². The molecule has 0 aliphatic carbocycles. The van der Waals surface area contributed by atoms with E-state index >= 15 is 0 Å². The Labute approximate surface area is 229 Å². The van der Waals surface area contributed by atoms with Gasteiger partial charge in [-0.15, -0.1) is 0 Å². The smallest absolute Gasteiger partial charge is 0.243 e. The van der Waals surface area contributed by atoms with Crippen molar-refractivity contribution in [2.75, 3.05) is 19.7 Å². The molecule has 2 amide bonds. The van der Waals surface area contributed by atoms with E-state index in [1.807, 2.05) is 19.1 Å². The van der Waals surface area contributed by atoms with E-state index in [4.69, 9.17) is 16.3 Å². The molecule has 1 saturated heterocycles. The van der Waals surface area contributed by atoms with Crippen LogP contribution in [0.5, 0.6) is 5.75 Å². The summed E-state index contributed by atoms with van der Waals surface area (Å²) in [5.74, 6) is -0.271. The van der Waals surface area contributed by atoms with Gasteiger partial charge in [0.1, 0.15) is 11.8 Å². The number of ether oxygens (including phenoxy) is 1. The summed E-state index contributed by atoms with van der Waals surface area (Å²) in [4.78, 5) is 26.0. The molecule has 0 bridgehead atoms. The van der Waals surface area contributed by atoms with E-state index in [1.54, 1.807) is 12.1 Å². The number of hydrogen-bond donors (Lipinski definition) is 3. The zero-order valence-corrected chi connectivity index (χ0v) is 23.7. The first kappa shape index (κ1) is 28.4. The molecule has 2 aromatic rings. The number of benzene rings is 2. The van der Waals surface area contributed by atoms with E-state index in [9.17, 15) is 18.0 Å². The number of rotatable bonds is 7. The Morgan fingerprint density at radius 1 is 1.21 bits per heavy atom. The van der Waals surface area contributed by atoms with Crippen molar-refractivity contribution < 1.29 is 22.7 Å². The Kier molecular flexibility index (Phi) is 8.37. The van der Waals surface area contributed by atoms with Gasteiger partial charge in [0.25, 0.3) is 0 Å². The topological polar surface area (TPSA) is 117 Å². The fourth-order valence-corrected chi connectivity index (χ4v) is 6.37. The standard InChI is InChI=1S/C27H35ClN4O5S/c1-17-5-7-19(8-6-17)38(35,36)32-11-10-29-26(34)23(32)15-25(33)31-22-9-12-37-24-13-18(16-30-27(2,3)4)21(28)14-20(22)24/h5-8,13-14,22-23,30H,9-12,15-16H2,1-4H3,(H,29,34)(H,31,33)/t22-,23?/m1/s1. The Morgan fingerprint density at radius 2 is 1.92 bits per heavy atom. The summed E-state index contributed by atoms with van der Waals surface area (Å²) >= 11 is 6.57. The number of nitrogens with zero attached hydrogens (tertiary/aromatic N) is 1. The molecular formula is C27H35ClN4O5S. The third-order valence-electron chi connectivity index (χ3n) is 6.65. The number of sulfonamides is 1. The molecule has 1 fully saturated rings. The molecule has 2 heterocycles. The Bertz CT molecular complexity index is 1310. The van der Waals surface area contributed by atoms with Crippen LogP contribution in [0.1, 0.15) is 56.3 Å². The van der Waals surface area contributed by atoms with E-state index in [2.05, 4.69) is 36.7 Å². The van der Waals surface area contributed by atoms with Gasteiger partial charge in [-0.1, -0.05) is 29.3 Å². The van der Waals surface area contributed by atoms with Gasteiger partial charge in [0.2, 0.25) is 21.8 Å². The van der Waals surface area contributed by atoms with Crippen LogP contribution in [0.15, 0.2) is 41.3 Å². The molecule has 4 rings (SSSR count). The Balaban J connectivity index is 1.50. The number of halogens is 1.